The van der Waals surface area contributed by atoms with Crippen LogP contribution in [0.15, 0.2) is 76.4 Å². The zero-order chi connectivity index (χ0) is 25.8. The molecule has 37 heavy (non-hydrogen) atoms. The number of carbonyl (C=O) groups excluding carboxylic acids is 2. The second-order valence-corrected chi connectivity index (χ2v) is 10.2. The minimum absolute atomic E-state index is 0.0266. The molecule has 4 aromatic rings. The highest BCUT2D eigenvalue weighted by Gasteiger charge is 2.23. The highest BCUT2D eigenvalue weighted by molar-refractivity contribution is 7.99. The van der Waals surface area contributed by atoms with Crippen LogP contribution >= 0.6 is 11.8 Å². The van der Waals surface area contributed by atoms with Gasteiger partial charge in [0.2, 0.25) is 17.7 Å². The molecule has 2 heterocycles. The molecule has 0 aliphatic carbocycles. The molecule has 2 amide bonds. The number of nitrogens with zero attached hydrogens (tertiary/aromatic N) is 4. The summed E-state index contributed by atoms with van der Waals surface area (Å²) in [4.78, 5) is 28.9. The van der Waals surface area contributed by atoms with Crippen molar-refractivity contribution in [1.82, 2.24) is 15.1 Å². The van der Waals surface area contributed by atoms with E-state index in [-0.39, 0.29) is 23.5 Å². The third kappa shape index (κ3) is 5.77. The molecule has 0 atom stereocenters. The summed E-state index contributed by atoms with van der Waals surface area (Å²) in [5, 5.41) is 13.7. The monoisotopic (exact) mass is 515 g/mol. The lowest BCUT2D eigenvalue weighted by molar-refractivity contribution is -0.134. The summed E-state index contributed by atoms with van der Waals surface area (Å²) in [5.74, 6) is 0.679. The van der Waals surface area contributed by atoms with Gasteiger partial charge in [-0.05, 0) is 41.1 Å². The van der Waals surface area contributed by atoms with E-state index in [1.54, 1.807) is 0 Å². The van der Waals surface area contributed by atoms with Crippen molar-refractivity contribution in [2.45, 2.75) is 19.1 Å². The quantitative estimate of drug-likeness (QED) is 0.349. The number of nitrogens with one attached hydrogen (secondary N) is 1. The van der Waals surface area contributed by atoms with Gasteiger partial charge < -0.3 is 19.5 Å². The molecule has 8 nitrogen and oxygen atoms in total. The fourth-order valence-corrected chi connectivity index (χ4v) is 4.98. The van der Waals surface area contributed by atoms with Crippen molar-refractivity contribution in [2.75, 3.05) is 42.1 Å². The Morgan fingerprint density at radius 2 is 1.68 bits per heavy atom. The maximum Gasteiger partial charge on any atom is 0.277 e. The van der Waals surface area contributed by atoms with Crippen LogP contribution in [0.25, 0.3) is 22.2 Å². The van der Waals surface area contributed by atoms with Gasteiger partial charge in [0.05, 0.1) is 5.75 Å². The van der Waals surface area contributed by atoms with E-state index in [1.807, 2.05) is 85.5 Å². The maximum absolute atomic E-state index is 12.5. The molecule has 1 saturated heterocycles. The Morgan fingerprint density at radius 1 is 0.946 bits per heavy atom. The van der Waals surface area contributed by atoms with Crippen molar-refractivity contribution >= 4 is 45.7 Å². The Labute approximate surface area is 220 Å². The second kappa shape index (κ2) is 11.0. The molecule has 190 valence electrons. The zero-order valence-corrected chi connectivity index (χ0v) is 21.7. The molecule has 1 aromatic heterocycles. The number of amides is 2. The van der Waals surface area contributed by atoms with Gasteiger partial charge in [0, 0.05) is 49.0 Å². The van der Waals surface area contributed by atoms with Gasteiger partial charge in [0.25, 0.3) is 5.22 Å². The molecule has 0 spiro atoms. The Morgan fingerprint density at radius 3 is 2.43 bits per heavy atom. The Bertz CT molecular complexity index is 1390. The number of anilines is 2. The first-order chi connectivity index (χ1) is 18.0. The number of rotatable bonds is 7. The zero-order valence-electron chi connectivity index (χ0n) is 20.9. The van der Waals surface area contributed by atoms with Crippen LogP contribution in [0.3, 0.4) is 0 Å². The molecule has 0 bridgehead atoms. The third-order valence-corrected chi connectivity index (χ3v) is 7.17. The average Bonchev–Trinajstić information content (AvgIpc) is 3.40. The summed E-state index contributed by atoms with van der Waals surface area (Å²) < 4.78 is 5.83. The molecule has 0 radical (unpaired) electrons. The molecule has 5 rings (SSSR count). The van der Waals surface area contributed by atoms with Gasteiger partial charge in [-0.15, -0.1) is 10.2 Å². The van der Waals surface area contributed by atoms with E-state index in [1.165, 1.54) is 11.8 Å². The summed E-state index contributed by atoms with van der Waals surface area (Å²) in [6.07, 6.45) is 0. The van der Waals surface area contributed by atoms with Crippen molar-refractivity contribution in [1.29, 1.82) is 0 Å². The van der Waals surface area contributed by atoms with Crippen molar-refractivity contribution in [3.8, 4) is 11.5 Å². The highest BCUT2D eigenvalue weighted by atomic mass is 32.2. The standard InChI is InChI=1S/C28H29N5O3S/c1-19(2)27(35)33-16-14-32(15-17-33)22-12-10-21(11-13-22)29-25(34)18-37-28-31-30-26(36-28)24-9-5-7-20-6-3-4-8-23(20)24/h3-13,19H,14-18H2,1-2H3,(H,29,34). The number of fused-ring (bicyclic) bond motifs is 1. The van der Waals surface area contributed by atoms with E-state index >= 15 is 0 Å². The van der Waals surface area contributed by atoms with Gasteiger partial charge in [0.15, 0.2) is 0 Å². The van der Waals surface area contributed by atoms with Crippen LogP contribution in [0.4, 0.5) is 11.4 Å². The molecule has 3 aromatic carbocycles. The Hall–Kier alpha value is -3.85. The lowest BCUT2D eigenvalue weighted by atomic mass is 10.0. The van der Waals surface area contributed by atoms with Crippen LogP contribution in [0.1, 0.15) is 13.8 Å². The van der Waals surface area contributed by atoms with E-state index < -0.39 is 0 Å². The number of hydrogen-bond acceptors (Lipinski definition) is 7. The number of hydrogen-bond donors (Lipinski definition) is 1. The van der Waals surface area contributed by atoms with Gasteiger partial charge in [-0.1, -0.05) is 62.0 Å². The van der Waals surface area contributed by atoms with Gasteiger partial charge in [0.1, 0.15) is 0 Å². The molecule has 9 heteroatoms. The lowest BCUT2D eigenvalue weighted by Crippen LogP contribution is -2.49. The summed E-state index contributed by atoms with van der Waals surface area (Å²) in [7, 11) is 0. The fraction of sp³-hybridized carbons (Fsp3) is 0.286. The van der Waals surface area contributed by atoms with Gasteiger partial charge in [-0.25, -0.2) is 0 Å². The predicted octanol–water partition coefficient (Wildman–Crippen LogP) is 4.93. The molecule has 1 aliphatic rings. The number of thioether (sulfide) groups is 1. The number of carbonyl (C=O) groups is 2. The molecular weight excluding hydrogens is 486 g/mol. The topological polar surface area (TPSA) is 91.6 Å². The predicted molar refractivity (Wildman–Crippen MR) is 147 cm³/mol. The van der Waals surface area contributed by atoms with Gasteiger partial charge in [-0.2, -0.15) is 0 Å². The Kier molecular flexibility index (Phi) is 7.41. The number of aromatic nitrogens is 2. The minimum atomic E-state index is -0.150. The van der Waals surface area contributed by atoms with E-state index in [9.17, 15) is 9.59 Å². The van der Waals surface area contributed by atoms with Crippen LogP contribution in [0.5, 0.6) is 0 Å². The maximum atomic E-state index is 12.5. The van der Waals surface area contributed by atoms with Crippen LogP contribution in [-0.4, -0.2) is 58.8 Å². The molecular formula is C28H29N5O3S. The fourth-order valence-electron chi connectivity index (χ4n) is 4.42. The summed E-state index contributed by atoms with van der Waals surface area (Å²) >= 11 is 1.21. The van der Waals surface area contributed by atoms with Crippen LogP contribution in [0, 0.1) is 5.92 Å². The Balaban J connectivity index is 1.13. The largest absolute Gasteiger partial charge is 0.411 e. The first kappa shape index (κ1) is 24.8. The van der Waals surface area contributed by atoms with E-state index in [0.717, 1.165) is 53.9 Å². The van der Waals surface area contributed by atoms with E-state index in [2.05, 4.69) is 20.4 Å². The van der Waals surface area contributed by atoms with Crippen molar-refractivity contribution in [2.24, 2.45) is 5.92 Å². The SMILES string of the molecule is CC(C)C(=O)N1CCN(c2ccc(NC(=O)CSc3nnc(-c4cccc5ccccc45)o3)cc2)CC1. The average molecular weight is 516 g/mol. The second-order valence-electron chi connectivity index (χ2n) is 9.25. The first-order valence-electron chi connectivity index (χ1n) is 12.4. The van der Waals surface area contributed by atoms with Crippen molar-refractivity contribution in [3.05, 3.63) is 66.7 Å². The van der Waals surface area contributed by atoms with Gasteiger partial charge >= 0.3 is 0 Å². The number of piperazine rings is 1. The molecule has 0 saturated carbocycles. The van der Waals surface area contributed by atoms with Gasteiger partial charge in [-0.3, -0.25) is 9.59 Å². The minimum Gasteiger partial charge on any atom is -0.411 e. The van der Waals surface area contributed by atoms with E-state index in [0.29, 0.717) is 11.1 Å². The third-order valence-electron chi connectivity index (χ3n) is 6.35. The lowest BCUT2D eigenvalue weighted by Gasteiger charge is -2.37. The van der Waals surface area contributed by atoms with Crippen molar-refractivity contribution in [3.63, 3.8) is 0 Å². The molecule has 1 N–H and O–H groups in total. The number of benzene rings is 3. The summed E-state index contributed by atoms with van der Waals surface area (Å²) in [6.45, 7) is 6.92. The van der Waals surface area contributed by atoms with Crippen LogP contribution < -0.4 is 10.2 Å². The first-order valence-corrected chi connectivity index (χ1v) is 13.3. The molecule has 0 unspecified atom stereocenters. The normalized spacial score (nSPS) is 13.8. The van der Waals surface area contributed by atoms with Crippen LogP contribution in [0.2, 0.25) is 0 Å². The smallest absolute Gasteiger partial charge is 0.277 e. The van der Waals surface area contributed by atoms with E-state index in [4.69, 9.17) is 4.42 Å². The van der Waals surface area contributed by atoms with Crippen LogP contribution in [-0.2, 0) is 9.59 Å². The highest BCUT2D eigenvalue weighted by Crippen LogP contribution is 2.29. The van der Waals surface area contributed by atoms with Crippen molar-refractivity contribution < 1.29 is 14.0 Å². The molecule has 1 aliphatic heterocycles. The summed E-state index contributed by atoms with van der Waals surface area (Å²) in [5.41, 5.74) is 2.68. The molecule has 1 fully saturated rings. The summed E-state index contributed by atoms with van der Waals surface area (Å²) in [6, 6.07) is 21.8.